The van der Waals surface area contributed by atoms with Crippen molar-refractivity contribution < 1.29 is 0 Å². The highest BCUT2D eigenvalue weighted by molar-refractivity contribution is 6.21. The number of hydrogen-bond donors (Lipinski definition) is 0. The number of hydrogen-bond acceptors (Lipinski definition) is 3. The Bertz CT molecular complexity index is 2850. The molecule has 0 bridgehead atoms. The summed E-state index contributed by atoms with van der Waals surface area (Å²) in [6.07, 6.45) is 0. The fraction of sp³-hybridized carbons (Fsp3) is 0. The van der Waals surface area contributed by atoms with Crippen LogP contribution in [0, 0.1) is 0 Å². The van der Waals surface area contributed by atoms with E-state index in [0.717, 1.165) is 27.5 Å². The van der Waals surface area contributed by atoms with Crippen LogP contribution in [0.3, 0.4) is 0 Å². The van der Waals surface area contributed by atoms with E-state index in [-0.39, 0.29) is 0 Å². The molecule has 218 valence electrons. The molecule has 0 amide bonds. The van der Waals surface area contributed by atoms with Crippen LogP contribution in [0.5, 0.6) is 0 Å². The SMILES string of the molecule is c1ccc(-c2nc(-c3ccc4c(ccc5c6ccccc6ccc45)c3)nc(-n3c4ccccc4c4c5ccccc5ccc43)n2)cc1. The van der Waals surface area contributed by atoms with Crippen molar-refractivity contribution in [1.82, 2.24) is 19.5 Å². The quantitative estimate of drug-likeness (QED) is 0.190. The first kappa shape index (κ1) is 25.9. The fourth-order valence-electron chi connectivity index (χ4n) is 7.23. The molecule has 0 unspecified atom stereocenters. The molecule has 4 heteroatoms. The molecule has 10 aromatic rings. The normalized spacial score (nSPS) is 11.8. The molecule has 0 saturated carbocycles. The van der Waals surface area contributed by atoms with E-state index < -0.39 is 0 Å². The van der Waals surface area contributed by atoms with E-state index in [9.17, 15) is 0 Å². The van der Waals surface area contributed by atoms with Gasteiger partial charge in [0.1, 0.15) is 0 Å². The van der Waals surface area contributed by atoms with E-state index >= 15 is 0 Å². The molecule has 2 aromatic heterocycles. The first-order chi connectivity index (χ1) is 23.3. The van der Waals surface area contributed by atoms with E-state index in [0.29, 0.717) is 17.6 Å². The lowest BCUT2D eigenvalue weighted by molar-refractivity contribution is 0.954. The average Bonchev–Trinajstić information content (AvgIpc) is 3.49. The van der Waals surface area contributed by atoms with E-state index in [1.54, 1.807) is 0 Å². The number of benzene rings is 8. The maximum atomic E-state index is 5.20. The Hall–Kier alpha value is -6.39. The summed E-state index contributed by atoms with van der Waals surface area (Å²) in [6, 6.07) is 55.7. The molecule has 0 fully saturated rings. The summed E-state index contributed by atoms with van der Waals surface area (Å²) >= 11 is 0. The van der Waals surface area contributed by atoms with Crippen molar-refractivity contribution in [2.45, 2.75) is 0 Å². The molecule has 0 aliphatic heterocycles. The molecule has 0 saturated heterocycles. The highest BCUT2D eigenvalue weighted by Gasteiger charge is 2.19. The first-order valence-electron chi connectivity index (χ1n) is 15.9. The molecule has 0 atom stereocenters. The molecule has 4 nitrogen and oxygen atoms in total. The van der Waals surface area contributed by atoms with Crippen molar-refractivity contribution in [2.24, 2.45) is 0 Å². The maximum Gasteiger partial charge on any atom is 0.238 e. The van der Waals surface area contributed by atoms with Crippen molar-refractivity contribution in [2.75, 3.05) is 0 Å². The van der Waals surface area contributed by atoms with E-state index in [2.05, 4.69) is 144 Å². The minimum atomic E-state index is 0.598. The molecular formula is C43H26N4. The van der Waals surface area contributed by atoms with Gasteiger partial charge in [0.25, 0.3) is 0 Å². The highest BCUT2D eigenvalue weighted by atomic mass is 15.2. The average molecular weight is 599 g/mol. The van der Waals surface area contributed by atoms with Crippen molar-refractivity contribution in [3.63, 3.8) is 0 Å². The Morgan fingerprint density at radius 3 is 1.72 bits per heavy atom. The third kappa shape index (κ3) is 3.98. The zero-order valence-electron chi connectivity index (χ0n) is 25.3. The number of rotatable bonds is 3. The van der Waals surface area contributed by atoms with Crippen LogP contribution in [0.15, 0.2) is 158 Å². The van der Waals surface area contributed by atoms with Crippen LogP contribution in [0.1, 0.15) is 0 Å². The molecule has 8 aromatic carbocycles. The maximum absolute atomic E-state index is 5.20. The molecule has 0 aliphatic rings. The molecule has 2 heterocycles. The van der Waals surface area contributed by atoms with Gasteiger partial charge in [-0.15, -0.1) is 0 Å². The molecule has 47 heavy (non-hydrogen) atoms. The van der Waals surface area contributed by atoms with Crippen LogP contribution in [-0.2, 0) is 0 Å². The van der Waals surface area contributed by atoms with Gasteiger partial charge in [0.2, 0.25) is 5.95 Å². The zero-order chi connectivity index (χ0) is 30.9. The first-order valence-corrected chi connectivity index (χ1v) is 15.9. The fourth-order valence-corrected chi connectivity index (χ4v) is 7.23. The summed E-state index contributed by atoms with van der Waals surface area (Å²) in [5, 5.41) is 12.2. The lowest BCUT2D eigenvalue weighted by atomic mass is 9.96. The van der Waals surface area contributed by atoms with Gasteiger partial charge in [0, 0.05) is 21.9 Å². The summed E-state index contributed by atoms with van der Waals surface area (Å²) < 4.78 is 2.19. The summed E-state index contributed by atoms with van der Waals surface area (Å²) in [4.78, 5) is 15.4. The number of para-hydroxylation sites is 1. The van der Waals surface area contributed by atoms with Gasteiger partial charge in [-0.2, -0.15) is 9.97 Å². The molecule has 0 spiro atoms. The summed E-state index contributed by atoms with van der Waals surface area (Å²) in [7, 11) is 0. The van der Waals surface area contributed by atoms with Gasteiger partial charge in [-0.1, -0.05) is 140 Å². The van der Waals surface area contributed by atoms with Crippen molar-refractivity contribution in [3.05, 3.63) is 158 Å². The van der Waals surface area contributed by atoms with Crippen molar-refractivity contribution in [1.29, 1.82) is 0 Å². The minimum absolute atomic E-state index is 0.598. The Morgan fingerprint density at radius 2 is 0.915 bits per heavy atom. The van der Waals surface area contributed by atoms with Gasteiger partial charge >= 0.3 is 0 Å². The lowest BCUT2D eigenvalue weighted by Gasteiger charge is -2.12. The van der Waals surface area contributed by atoms with Crippen LogP contribution in [0.2, 0.25) is 0 Å². The molecule has 0 aliphatic carbocycles. The van der Waals surface area contributed by atoms with Gasteiger partial charge in [0.05, 0.1) is 11.0 Å². The number of fused-ring (bicyclic) bond motifs is 10. The van der Waals surface area contributed by atoms with Gasteiger partial charge in [-0.05, 0) is 61.3 Å². The Labute approximate surface area is 270 Å². The lowest BCUT2D eigenvalue weighted by Crippen LogP contribution is -2.06. The second kappa shape index (κ2) is 10.1. The molecular weight excluding hydrogens is 573 g/mol. The topological polar surface area (TPSA) is 43.6 Å². The summed E-state index contributed by atoms with van der Waals surface area (Å²) in [5.74, 6) is 1.88. The highest BCUT2D eigenvalue weighted by Crippen LogP contribution is 2.37. The zero-order valence-corrected chi connectivity index (χ0v) is 25.3. The van der Waals surface area contributed by atoms with Gasteiger partial charge in [0.15, 0.2) is 11.6 Å². The van der Waals surface area contributed by atoms with Gasteiger partial charge in [-0.25, -0.2) is 4.98 Å². The van der Waals surface area contributed by atoms with Crippen molar-refractivity contribution >= 4 is 64.9 Å². The third-order valence-corrected chi connectivity index (χ3v) is 9.42. The summed E-state index contributed by atoms with van der Waals surface area (Å²) in [6.45, 7) is 0. The molecule has 10 rings (SSSR count). The largest absolute Gasteiger partial charge is 0.278 e. The predicted molar refractivity (Wildman–Crippen MR) is 195 cm³/mol. The molecule has 0 radical (unpaired) electrons. The Balaban J connectivity index is 1.23. The van der Waals surface area contributed by atoms with E-state index in [1.165, 1.54) is 48.5 Å². The molecule has 0 N–H and O–H groups in total. The predicted octanol–water partition coefficient (Wildman–Crippen LogP) is 10.9. The van der Waals surface area contributed by atoms with Crippen LogP contribution in [0.4, 0.5) is 0 Å². The van der Waals surface area contributed by atoms with Crippen LogP contribution >= 0.6 is 0 Å². The second-order valence-corrected chi connectivity index (χ2v) is 12.1. The third-order valence-electron chi connectivity index (χ3n) is 9.42. The van der Waals surface area contributed by atoms with Crippen LogP contribution in [-0.4, -0.2) is 19.5 Å². The minimum Gasteiger partial charge on any atom is -0.278 e. The number of nitrogens with zero attached hydrogens (tertiary/aromatic N) is 4. The standard InChI is InChI=1S/C43H26N4/c1-2-12-29(13-3-1)41-44-42(31-20-22-33-30(26-31)19-24-35-32-14-6-4-10-27(32)18-23-36(33)35)46-43(45-41)47-38-17-9-8-16-37(38)40-34-15-7-5-11-28(34)21-25-39(40)47/h1-26H. The van der Waals surface area contributed by atoms with E-state index in [1.807, 2.05) is 18.2 Å². The van der Waals surface area contributed by atoms with Crippen LogP contribution < -0.4 is 0 Å². The summed E-state index contributed by atoms with van der Waals surface area (Å²) in [5.41, 5.74) is 4.03. The van der Waals surface area contributed by atoms with Crippen molar-refractivity contribution in [3.8, 4) is 28.7 Å². The van der Waals surface area contributed by atoms with Gasteiger partial charge in [-0.3, -0.25) is 4.57 Å². The smallest absolute Gasteiger partial charge is 0.238 e. The Morgan fingerprint density at radius 1 is 0.340 bits per heavy atom. The van der Waals surface area contributed by atoms with Crippen LogP contribution in [0.25, 0.3) is 93.6 Å². The van der Waals surface area contributed by atoms with Gasteiger partial charge < -0.3 is 0 Å². The Kier molecular flexibility index (Phi) is 5.54. The van der Waals surface area contributed by atoms with E-state index in [4.69, 9.17) is 15.0 Å². The number of aromatic nitrogens is 4. The monoisotopic (exact) mass is 598 g/mol. The second-order valence-electron chi connectivity index (χ2n) is 12.1.